The number of ether oxygens (including phenoxy) is 1. The summed E-state index contributed by atoms with van der Waals surface area (Å²) in [5.41, 5.74) is -0.492. The summed E-state index contributed by atoms with van der Waals surface area (Å²) in [6.45, 7) is 10.4. The fourth-order valence-corrected chi connectivity index (χ4v) is 1.75. The standard InChI is InChI=1S/C13H27NO3/c1-6-13(7-2,8-9-15)10-14-11(16)17-12(3,4)5/h15H,6-10H2,1-5H3,(H,14,16). The Morgan fingerprint density at radius 2 is 1.76 bits per heavy atom. The zero-order chi connectivity index (χ0) is 13.5. The minimum Gasteiger partial charge on any atom is -0.444 e. The molecule has 102 valence electrons. The van der Waals surface area contributed by atoms with Crippen LogP contribution in [0.4, 0.5) is 4.79 Å². The summed E-state index contributed by atoms with van der Waals surface area (Å²) in [6, 6.07) is 0. The molecule has 0 radical (unpaired) electrons. The van der Waals surface area contributed by atoms with Crippen LogP contribution in [0.3, 0.4) is 0 Å². The molecule has 0 unspecified atom stereocenters. The molecular formula is C13H27NO3. The van der Waals surface area contributed by atoms with Crippen molar-refractivity contribution in [2.45, 2.75) is 59.5 Å². The van der Waals surface area contributed by atoms with E-state index in [0.717, 1.165) is 12.8 Å². The molecule has 0 aliphatic carbocycles. The smallest absolute Gasteiger partial charge is 0.407 e. The molecule has 17 heavy (non-hydrogen) atoms. The van der Waals surface area contributed by atoms with Gasteiger partial charge in [0.05, 0.1) is 0 Å². The molecule has 0 aliphatic rings. The van der Waals surface area contributed by atoms with E-state index in [4.69, 9.17) is 9.84 Å². The van der Waals surface area contributed by atoms with Crippen LogP contribution in [0, 0.1) is 5.41 Å². The van der Waals surface area contributed by atoms with Gasteiger partial charge in [-0.05, 0) is 45.4 Å². The molecule has 0 aromatic rings. The molecule has 0 fully saturated rings. The van der Waals surface area contributed by atoms with Gasteiger partial charge in [-0.25, -0.2) is 4.79 Å². The number of carbonyl (C=O) groups is 1. The monoisotopic (exact) mass is 245 g/mol. The first-order valence-electron chi connectivity index (χ1n) is 6.36. The lowest BCUT2D eigenvalue weighted by atomic mass is 9.79. The zero-order valence-electron chi connectivity index (χ0n) is 11.8. The highest BCUT2D eigenvalue weighted by Gasteiger charge is 2.27. The minimum atomic E-state index is -0.470. The molecule has 0 aromatic carbocycles. The second kappa shape index (κ2) is 6.84. The zero-order valence-corrected chi connectivity index (χ0v) is 11.8. The van der Waals surface area contributed by atoms with Gasteiger partial charge in [0.1, 0.15) is 5.60 Å². The summed E-state index contributed by atoms with van der Waals surface area (Å²) in [6.07, 6.45) is 2.18. The summed E-state index contributed by atoms with van der Waals surface area (Å²) < 4.78 is 5.19. The van der Waals surface area contributed by atoms with Crippen LogP contribution in [0.1, 0.15) is 53.9 Å². The van der Waals surface area contributed by atoms with E-state index in [1.807, 2.05) is 20.8 Å². The molecule has 0 aliphatic heterocycles. The summed E-state index contributed by atoms with van der Waals surface area (Å²) in [5.74, 6) is 0. The lowest BCUT2D eigenvalue weighted by molar-refractivity contribution is 0.0483. The molecule has 4 nitrogen and oxygen atoms in total. The number of alkyl carbamates (subject to hydrolysis) is 1. The number of aliphatic hydroxyl groups excluding tert-OH is 1. The largest absolute Gasteiger partial charge is 0.444 e. The van der Waals surface area contributed by atoms with Crippen molar-refractivity contribution >= 4 is 6.09 Å². The number of carbonyl (C=O) groups excluding carboxylic acids is 1. The third-order valence-corrected chi connectivity index (χ3v) is 3.15. The molecular weight excluding hydrogens is 218 g/mol. The van der Waals surface area contributed by atoms with Crippen molar-refractivity contribution in [1.82, 2.24) is 5.32 Å². The van der Waals surface area contributed by atoms with Crippen LogP contribution in [0.15, 0.2) is 0 Å². The molecule has 0 rings (SSSR count). The Hall–Kier alpha value is -0.770. The first-order valence-corrected chi connectivity index (χ1v) is 6.36. The Morgan fingerprint density at radius 3 is 2.12 bits per heavy atom. The second-order valence-corrected chi connectivity index (χ2v) is 5.54. The van der Waals surface area contributed by atoms with Gasteiger partial charge in [-0.15, -0.1) is 0 Å². The molecule has 0 aromatic heterocycles. The number of hydrogen-bond donors (Lipinski definition) is 2. The van der Waals surface area contributed by atoms with E-state index in [9.17, 15) is 4.79 Å². The summed E-state index contributed by atoms with van der Waals surface area (Å²) >= 11 is 0. The number of hydrogen-bond acceptors (Lipinski definition) is 3. The number of aliphatic hydroxyl groups is 1. The average molecular weight is 245 g/mol. The first-order chi connectivity index (χ1) is 7.78. The van der Waals surface area contributed by atoms with E-state index in [2.05, 4.69) is 19.2 Å². The Kier molecular flexibility index (Phi) is 6.53. The van der Waals surface area contributed by atoms with Crippen LogP contribution in [-0.2, 0) is 4.74 Å². The van der Waals surface area contributed by atoms with Gasteiger partial charge < -0.3 is 15.2 Å². The SMILES string of the molecule is CCC(CC)(CCO)CNC(=O)OC(C)(C)C. The van der Waals surface area contributed by atoms with Crippen molar-refractivity contribution < 1.29 is 14.6 Å². The topological polar surface area (TPSA) is 58.6 Å². The number of nitrogens with one attached hydrogen (secondary N) is 1. The van der Waals surface area contributed by atoms with E-state index in [1.54, 1.807) is 0 Å². The fraction of sp³-hybridized carbons (Fsp3) is 0.923. The quantitative estimate of drug-likeness (QED) is 0.756. The van der Waals surface area contributed by atoms with Crippen molar-refractivity contribution in [2.75, 3.05) is 13.2 Å². The van der Waals surface area contributed by atoms with Gasteiger partial charge in [0, 0.05) is 13.2 Å². The molecule has 0 atom stereocenters. The van der Waals surface area contributed by atoms with E-state index >= 15 is 0 Å². The van der Waals surface area contributed by atoms with Crippen molar-refractivity contribution in [3.8, 4) is 0 Å². The Bertz CT molecular complexity index is 229. The highest BCUT2D eigenvalue weighted by Crippen LogP contribution is 2.29. The van der Waals surface area contributed by atoms with Gasteiger partial charge in [0.15, 0.2) is 0 Å². The molecule has 0 heterocycles. The van der Waals surface area contributed by atoms with Gasteiger partial charge in [-0.2, -0.15) is 0 Å². The summed E-state index contributed by atoms with van der Waals surface area (Å²) in [7, 11) is 0. The molecule has 0 saturated carbocycles. The van der Waals surface area contributed by atoms with Crippen LogP contribution >= 0.6 is 0 Å². The van der Waals surface area contributed by atoms with Crippen LogP contribution in [-0.4, -0.2) is 30.0 Å². The van der Waals surface area contributed by atoms with Crippen LogP contribution in [0.5, 0.6) is 0 Å². The minimum absolute atomic E-state index is 0.0222. The van der Waals surface area contributed by atoms with Gasteiger partial charge >= 0.3 is 6.09 Å². The predicted molar refractivity (Wildman–Crippen MR) is 69.0 cm³/mol. The molecule has 1 amide bonds. The number of rotatable bonds is 6. The van der Waals surface area contributed by atoms with Crippen molar-refractivity contribution in [3.63, 3.8) is 0 Å². The molecule has 0 bridgehead atoms. The van der Waals surface area contributed by atoms with Gasteiger partial charge in [0.25, 0.3) is 0 Å². The molecule has 2 N–H and O–H groups in total. The number of amides is 1. The maximum Gasteiger partial charge on any atom is 0.407 e. The Labute approximate surface area is 105 Å². The Morgan fingerprint density at radius 1 is 1.24 bits per heavy atom. The lowest BCUT2D eigenvalue weighted by Gasteiger charge is -2.31. The van der Waals surface area contributed by atoms with E-state index < -0.39 is 5.60 Å². The third kappa shape index (κ3) is 6.51. The molecule has 0 spiro atoms. The van der Waals surface area contributed by atoms with E-state index in [1.165, 1.54) is 0 Å². The fourth-order valence-electron chi connectivity index (χ4n) is 1.75. The van der Waals surface area contributed by atoms with Crippen LogP contribution in [0.2, 0.25) is 0 Å². The molecule has 4 heteroatoms. The van der Waals surface area contributed by atoms with Crippen LogP contribution in [0.25, 0.3) is 0 Å². The highest BCUT2D eigenvalue weighted by molar-refractivity contribution is 5.67. The maximum atomic E-state index is 11.5. The third-order valence-electron chi connectivity index (χ3n) is 3.15. The highest BCUT2D eigenvalue weighted by atomic mass is 16.6. The molecule has 0 saturated heterocycles. The van der Waals surface area contributed by atoms with Crippen LogP contribution < -0.4 is 5.32 Å². The second-order valence-electron chi connectivity index (χ2n) is 5.54. The lowest BCUT2D eigenvalue weighted by Crippen LogP contribution is -2.40. The van der Waals surface area contributed by atoms with Crippen molar-refractivity contribution in [2.24, 2.45) is 5.41 Å². The Balaban J connectivity index is 4.26. The van der Waals surface area contributed by atoms with E-state index in [-0.39, 0.29) is 18.1 Å². The first kappa shape index (κ1) is 16.2. The van der Waals surface area contributed by atoms with Crippen molar-refractivity contribution in [3.05, 3.63) is 0 Å². The predicted octanol–water partition coefficient (Wildman–Crippen LogP) is 2.70. The normalized spacial score (nSPS) is 12.4. The maximum absolute atomic E-state index is 11.5. The van der Waals surface area contributed by atoms with Gasteiger partial charge in [0.2, 0.25) is 0 Å². The van der Waals surface area contributed by atoms with E-state index in [0.29, 0.717) is 13.0 Å². The summed E-state index contributed by atoms with van der Waals surface area (Å²) in [5, 5.41) is 11.9. The van der Waals surface area contributed by atoms with Gasteiger partial charge in [-0.3, -0.25) is 0 Å². The van der Waals surface area contributed by atoms with Gasteiger partial charge in [-0.1, -0.05) is 13.8 Å². The average Bonchev–Trinajstić information content (AvgIpc) is 2.22. The summed E-state index contributed by atoms with van der Waals surface area (Å²) in [4.78, 5) is 11.5. The van der Waals surface area contributed by atoms with Crippen molar-refractivity contribution in [1.29, 1.82) is 0 Å².